The summed E-state index contributed by atoms with van der Waals surface area (Å²) in [6, 6.07) is 0.129. The summed E-state index contributed by atoms with van der Waals surface area (Å²) in [6.45, 7) is 4.13. The van der Waals surface area contributed by atoms with Gasteiger partial charge < -0.3 is 5.73 Å². The normalized spacial score (nSPS) is 13.2. The Morgan fingerprint density at radius 3 is 2.69 bits per heavy atom. The van der Waals surface area contributed by atoms with E-state index in [0.717, 1.165) is 22.9 Å². The van der Waals surface area contributed by atoms with Crippen LogP contribution in [0.4, 0.5) is 0 Å². The highest BCUT2D eigenvalue weighted by Crippen LogP contribution is 2.23. The minimum Gasteiger partial charge on any atom is -0.322 e. The fourth-order valence-corrected chi connectivity index (χ4v) is 2.47. The Morgan fingerprint density at radius 1 is 1.54 bits per heavy atom. The Bertz CT molecular complexity index is 251. The maximum atomic E-state index is 6.00. The van der Waals surface area contributed by atoms with Crippen LogP contribution in [0.1, 0.15) is 28.0 Å². The third-order valence-electron chi connectivity index (χ3n) is 2.00. The predicted molar refractivity (Wildman–Crippen MR) is 61.5 cm³/mol. The number of aryl methyl sites for hydroxylation is 2. The van der Waals surface area contributed by atoms with Crippen molar-refractivity contribution in [1.82, 2.24) is 4.98 Å². The molecule has 0 bridgehead atoms. The minimum atomic E-state index is 0.129. The van der Waals surface area contributed by atoms with Crippen LogP contribution < -0.4 is 5.73 Å². The molecular formula is C9H16N2S2. The fraction of sp³-hybridized carbons (Fsp3) is 0.667. The first-order chi connectivity index (χ1) is 6.15. The van der Waals surface area contributed by atoms with Crippen LogP contribution in [0, 0.1) is 13.8 Å². The summed E-state index contributed by atoms with van der Waals surface area (Å²) >= 11 is 3.56. The minimum absolute atomic E-state index is 0.129. The van der Waals surface area contributed by atoms with Crippen LogP contribution in [0.3, 0.4) is 0 Å². The first kappa shape index (κ1) is 11.0. The zero-order valence-corrected chi connectivity index (χ0v) is 9.97. The molecule has 0 amide bonds. The van der Waals surface area contributed by atoms with Crippen molar-refractivity contribution in [1.29, 1.82) is 0 Å². The molecule has 0 saturated carbocycles. The number of hydrogen-bond acceptors (Lipinski definition) is 4. The van der Waals surface area contributed by atoms with Gasteiger partial charge in [0.15, 0.2) is 0 Å². The molecule has 0 saturated heterocycles. The van der Waals surface area contributed by atoms with Gasteiger partial charge in [0.05, 0.1) is 11.7 Å². The highest BCUT2D eigenvalue weighted by molar-refractivity contribution is 7.98. The number of rotatable bonds is 4. The highest BCUT2D eigenvalue weighted by atomic mass is 32.2. The van der Waals surface area contributed by atoms with Gasteiger partial charge in [0.2, 0.25) is 0 Å². The second-order valence-electron chi connectivity index (χ2n) is 3.08. The molecule has 13 heavy (non-hydrogen) atoms. The molecule has 0 aliphatic heterocycles. The number of hydrogen-bond donors (Lipinski definition) is 1. The summed E-state index contributed by atoms with van der Waals surface area (Å²) < 4.78 is 0. The van der Waals surface area contributed by atoms with Crippen LogP contribution in [0.15, 0.2) is 0 Å². The summed E-state index contributed by atoms with van der Waals surface area (Å²) in [5.74, 6) is 1.11. The average Bonchev–Trinajstić information content (AvgIpc) is 2.43. The standard InChI is InChI=1S/C9H16N2S2/c1-6-7(2)13-9(11-6)8(10)4-5-12-3/h8H,4-5,10H2,1-3H3. The lowest BCUT2D eigenvalue weighted by Crippen LogP contribution is -2.10. The van der Waals surface area contributed by atoms with Crippen molar-refractivity contribution in [3.05, 3.63) is 15.6 Å². The molecule has 1 aromatic heterocycles. The van der Waals surface area contributed by atoms with E-state index in [2.05, 4.69) is 18.2 Å². The Kier molecular flexibility index (Phi) is 4.22. The van der Waals surface area contributed by atoms with E-state index in [9.17, 15) is 0 Å². The van der Waals surface area contributed by atoms with Crippen molar-refractivity contribution in [2.24, 2.45) is 5.73 Å². The lowest BCUT2D eigenvalue weighted by atomic mass is 10.2. The molecular weight excluding hydrogens is 200 g/mol. The van der Waals surface area contributed by atoms with Crippen LogP contribution in [0.2, 0.25) is 0 Å². The smallest absolute Gasteiger partial charge is 0.110 e. The number of thiazole rings is 1. The van der Waals surface area contributed by atoms with Crippen molar-refractivity contribution in [2.45, 2.75) is 26.3 Å². The molecule has 2 nitrogen and oxygen atoms in total. The highest BCUT2D eigenvalue weighted by Gasteiger charge is 2.11. The van der Waals surface area contributed by atoms with Gasteiger partial charge in [0.1, 0.15) is 5.01 Å². The Balaban J connectivity index is 2.60. The van der Waals surface area contributed by atoms with Gasteiger partial charge in [-0.2, -0.15) is 11.8 Å². The van der Waals surface area contributed by atoms with Crippen molar-refractivity contribution >= 4 is 23.1 Å². The van der Waals surface area contributed by atoms with Gasteiger partial charge in [-0.15, -0.1) is 11.3 Å². The Hall–Kier alpha value is -0.0600. The molecule has 1 heterocycles. The SMILES string of the molecule is CSCCC(N)c1nc(C)c(C)s1. The molecule has 0 aromatic carbocycles. The van der Waals surface area contributed by atoms with Crippen molar-refractivity contribution in [2.75, 3.05) is 12.0 Å². The van der Waals surface area contributed by atoms with Crippen LogP contribution in [0.25, 0.3) is 0 Å². The molecule has 1 rings (SSSR count). The summed E-state index contributed by atoms with van der Waals surface area (Å²) in [4.78, 5) is 5.73. The molecule has 4 heteroatoms. The van der Waals surface area contributed by atoms with Crippen LogP contribution >= 0.6 is 23.1 Å². The maximum Gasteiger partial charge on any atom is 0.110 e. The molecule has 1 aromatic rings. The molecule has 0 spiro atoms. The average molecular weight is 216 g/mol. The van der Waals surface area contributed by atoms with E-state index in [0.29, 0.717) is 0 Å². The first-order valence-electron chi connectivity index (χ1n) is 4.33. The maximum absolute atomic E-state index is 6.00. The lowest BCUT2D eigenvalue weighted by Gasteiger charge is -2.05. The predicted octanol–water partition coefficient (Wildman–Crippen LogP) is 2.51. The summed E-state index contributed by atoms with van der Waals surface area (Å²) in [5, 5.41) is 1.09. The Morgan fingerprint density at radius 2 is 2.23 bits per heavy atom. The third-order valence-corrected chi connectivity index (χ3v) is 3.84. The van der Waals surface area contributed by atoms with E-state index in [1.165, 1.54) is 4.88 Å². The van der Waals surface area contributed by atoms with E-state index >= 15 is 0 Å². The third kappa shape index (κ3) is 2.97. The molecule has 0 aliphatic carbocycles. The van der Waals surface area contributed by atoms with Crippen molar-refractivity contribution in [3.8, 4) is 0 Å². The molecule has 1 atom stereocenters. The number of nitrogens with zero attached hydrogens (tertiary/aromatic N) is 1. The molecule has 0 fully saturated rings. The van der Waals surface area contributed by atoms with Gasteiger partial charge in [-0.1, -0.05) is 0 Å². The zero-order valence-electron chi connectivity index (χ0n) is 8.33. The first-order valence-corrected chi connectivity index (χ1v) is 6.54. The van der Waals surface area contributed by atoms with Crippen LogP contribution in [-0.4, -0.2) is 17.0 Å². The Labute approximate surface area is 87.9 Å². The van der Waals surface area contributed by atoms with E-state index in [1.54, 1.807) is 11.3 Å². The zero-order chi connectivity index (χ0) is 9.84. The molecule has 74 valence electrons. The topological polar surface area (TPSA) is 38.9 Å². The molecule has 0 aliphatic rings. The van der Waals surface area contributed by atoms with Gasteiger partial charge in [-0.3, -0.25) is 0 Å². The van der Waals surface area contributed by atoms with Crippen LogP contribution in [-0.2, 0) is 0 Å². The monoisotopic (exact) mass is 216 g/mol. The van der Waals surface area contributed by atoms with Crippen LogP contribution in [0.5, 0.6) is 0 Å². The number of aromatic nitrogens is 1. The molecule has 1 unspecified atom stereocenters. The summed E-state index contributed by atoms with van der Waals surface area (Å²) in [6.07, 6.45) is 3.12. The van der Waals surface area contributed by atoms with Crippen molar-refractivity contribution < 1.29 is 0 Å². The molecule has 2 N–H and O–H groups in total. The van der Waals surface area contributed by atoms with Gasteiger partial charge in [-0.05, 0) is 32.3 Å². The second-order valence-corrected chi connectivity index (χ2v) is 5.30. The van der Waals surface area contributed by atoms with E-state index in [1.807, 2.05) is 18.7 Å². The second kappa shape index (κ2) is 4.98. The summed E-state index contributed by atoms with van der Waals surface area (Å²) in [5.41, 5.74) is 7.12. The van der Waals surface area contributed by atoms with Gasteiger partial charge in [-0.25, -0.2) is 4.98 Å². The number of nitrogens with two attached hydrogens (primary N) is 1. The lowest BCUT2D eigenvalue weighted by molar-refractivity contribution is 0.697. The fourth-order valence-electron chi connectivity index (χ4n) is 1.02. The van der Waals surface area contributed by atoms with E-state index < -0.39 is 0 Å². The largest absolute Gasteiger partial charge is 0.322 e. The van der Waals surface area contributed by atoms with Gasteiger partial charge in [0.25, 0.3) is 0 Å². The van der Waals surface area contributed by atoms with Gasteiger partial charge in [0, 0.05) is 4.88 Å². The van der Waals surface area contributed by atoms with E-state index in [-0.39, 0.29) is 6.04 Å². The van der Waals surface area contributed by atoms with E-state index in [4.69, 9.17) is 5.73 Å². The van der Waals surface area contributed by atoms with Crippen molar-refractivity contribution in [3.63, 3.8) is 0 Å². The quantitative estimate of drug-likeness (QED) is 0.840. The molecule has 0 radical (unpaired) electrons. The van der Waals surface area contributed by atoms with Gasteiger partial charge >= 0.3 is 0 Å². The summed E-state index contributed by atoms with van der Waals surface area (Å²) in [7, 11) is 0. The number of thioether (sulfide) groups is 1.